The summed E-state index contributed by atoms with van der Waals surface area (Å²) in [5.74, 6) is 0.882. The number of para-hydroxylation sites is 1. The highest BCUT2D eigenvalue weighted by Gasteiger charge is 2.24. The van der Waals surface area contributed by atoms with Gasteiger partial charge in [-0.05, 0) is 48.3 Å². The van der Waals surface area contributed by atoms with E-state index in [1.807, 2.05) is 13.1 Å². The van der Waals surface area contributed by atoms with Crippen molar-refractivity contribution < 1.29 is 0 Å². The van der Waals surface area contributed by atoms with E-state index in [4.69, 9.17) is 4.99 Å². The van der Waals surface area contributed by atoms with Gasteiger partial charge >= 0.3 is 0 Å². The molecule has 1 fully saturated rings. The van der Waals surface area contributed by atoms with E-state index in [-0.39, 0.29) is 24.0 Å². The van der Waals surface area contributed by atoms with Crippen LogP contribution in [0.5, 0.6) is 0 Å². The van der Waals surface area contributed by atoms with Gasteiger partial charge in [0.15, 0.2) is 5.96 Å². The van der Waals surface area contributed by atoms with Gasteiger partial charge in [0.1, 0.15) is 0 Å². The number of anilines is 1. The molecule has 0 saturated carbocycles. The largest absolute Gasteiger partial charge is 0.368 e. The van der Waals surface area contributed by atoms with Crippen molar-refractivity contribution in [1.29, 1.82) is 0 Å². The molecule has 1 aliphatic rings. The first-order valence-electron chi connectivity index (χ1n) is 8.61. The number of aryl methyl sites for hydroxylation is 1. The molecule has 2 N–H and O–H groups in total. The summed E-state index contributed by atoms with van der Waals surface area (Å²) in [4.78, 5) is 12.6. The number of nitrogens with one attached hydrogen (secondary N) is 2. The normalized spacial score (nSPS) is 17.1. The molecule has 2 heterocycles. The van der Waals surface area contributed by atoms with E-state index in [0.717, 1.165) is 41.5 Å². The van der Waals surface area contributed by atoms with Gasteiger partial charge in [-0.15, -0.1) is 35.3 Å². The molecule has 1 aromatic heterocycles. The Bertz CT molecular complexity index is 736. The third-order valence-electron chi connectivity index (χ3n) is 4.13. The fourth-order valence-electron chi connectivity index (χ4n) is 2.95. The van der Waals surface area contributed by atoms with Crippen LogP contribution in [0.3, 0.4) is 0 Å². The monoisotopic (exact) mass is 549 g/mol. The van der Waals surface area contributed by atoms with Crippen molar-refractivity contribution in [1.82, 2.24) is 15.6 Å². The number of halogens is 2. The topological polar surface area (TPSA) is 52.6 Å². The quantitative estimate of drug-likeness (QED) is 0.334. The molecular weight excluding hydrogens is 525 g/mol. The average Bonchev–Trinajstić information content (AvgIpc) is 3.22. The molecule has 26 heavy (non-hydrogen) atoms. The number of guanidine groups is 1. The Labute approximate surface area is 184 Å². The molecule has 0 aliphatic carbocycles. The van der Waals surface area contributed by atoms with Crippen molar-refractivity contribution in [3.05, 3.63) is 44.8 Å². The summed E-state index contributed by atoms with van der Waals surface area (Å²) in [7, 11) is 0. The van der Waals surface area contributed by atoms with Gasteiger partial charge in [-0.1, -0.05) is 12.1 Å². The molecule has 0 bridgehead atoms. The van der Waals surface area contributed by atoms with Crippen LogP contribution in [0, 0.1) is 6.92 Å². The van der Waals surface area contributed by atoms with E-state index in [2.05, 4.69) is 67.6 Å². The molecule has 1 atom stereocenters. The highest BCUT2D eigenvalue weighted by molar-refractivity contribution is 14.0. The van der Waals surface area contributed by atoms with Gasteiger partial charge in [0, 0.05) is 41.2 Å². The Morgan fingerprint density at radius 2 is 2.23 bits per heavy atom. The number of hydrogen-bond donors (Lipinski definition) is 2. The lowest BCUT2D eigenvalue weighted by Crippen LogP contribution is -2.44. The lowest BCUT2D eigenvalue weighted by molar-refractivity contribution is 0.649. The number of benzene rings is 1. The smallest absolute Gasteiger partial charge is 0.191 e. The van der Waals surface area contributed by atoms with Crippen molar-refractivity contribution >= 4 is 62.9 Å². The molecular formula is C18H25BrIN5S. The van der Waals surface area contributed by atoms with Crippen LogP contribution >= 0.6 is 51.2 Å². The van der Waals surface area contributed by atoms with Crippen LogP contribution in [-0.4, -0.2) is 36.6 Å². The predicted molar refractivity (Wildman–Crippen MR) is 125 cm³/mol. The van der Waals surface area contributed by atoms with Crippen LogP contribution in [0.15, 0.2) is 39.9 Å². The Morgan fingerprint density at radius 3 is 2.92 bits per heavy atom. The molecule has 1 aromatic carbocycles. The first-order valence-corrected chi connectivity index (χ1v) is 10.2. The molecule has 8 heteroatoms. The minimum absolute atomic E-state index is 0. The fraction of sp³-hybridized carbons (Fsp3) is 0.444. The average molecular weight is 550 g/mol. The number of nitrogens with zero attached hydrogens (tertiary/aromatic N) is 3. The van der Waals surface area contributed by atoms with Crippen molar-refractivity contribution in [3.8, 4) is 0 Å². The van der Waals surface area contributed by atoms with Crippen molar-refractivity contribution in [2.24, 2.45) is 4.99 Å². The predicted octanol–water partition coefficient (Wildman–Crippen LogP) is 4.17. The molecule has 1 aliphatic heterocycles. The Balaban J connectivity index is 0.00000243. The first-order chi connectivity index (χ1) is 12.2. The molecule has 3 rings (SSSR count). The molecule has 0 spiro atoms. The Hall–Kier alpha value is -0.870. The minimum Gasteiger partial charge on any atom is -0.368 e. The second-order valence-corrected chi connectivity index (χ2v) is 8.24. The molecule has 2 aromatic rings. The van der Waals surface area contributed by atoms with Gasteiger partial charge in [0.05, 0.1) is 17.2 Å². The van der Waals surface area contributed by atoms with Gasteiger partial charge in [-0.2, -0.15) is 0 Å². The van der Waals surface area contributed by atoms with Gasteiger partial charge in [-0.3, -0.25) is 0 Å². The van der Waals surface area contributed by atoms with Crippen molar-refractivity contribution in [2.45, 2.75) is 32.9 Å². The second-order valence-electron chi connectivity index (χ2n) is 6.07. The molecule has 0 amide bonds. The van der Waals surface area contributed by atoms with Crippen LogP contribution in [0.25, 0.3) is 0 Å². The van der Waals surface area contributed by atoms with Crippen LogP contribution in [0.4, 0.5) is 5.69 Å². The van der Waals surface area contributed by atoms with E-state index in [0.29, 0.717) is 12.6 Å². The Kier molecular flexibility index (Phi) is 8.62. The summed E-state index contributed by atoms with van der Waals surface area (Å²) in [5.41, 5.74) is 1.26. The fourth-order valence-corrected chi connectivity index (χ4v) is 4.21. The van der Waals surface area contributed by atoms with E-state index in [1.54, 1.807) is 11.3 Å². The van der Waals surface area contributed by atoms with Crippen molar-refractivity contribution in [3.63, 3.8) is 0 Å². The van der Waals surface area contributed by atoms with Gasteiger partial charge < -0.3 is 15.5 Å². The maximum atomic E-state index is 4.71. The van der Waals surface area contributed by atoms with E-state index in [1.165, 1.54) is 10.6 Å². The highest BCUT2D eigenvalue weighted by Crippen LogP contribution is 2.28. The van der Waals surface area contributed by atoms with E-state index < -0.39 is 0 Å². The third kappa shape index (κ3) is 5.82. The lowest BCUT2D eigenvalue weighted by atomic mass is 10.3. The van der Waals surface area contributed by atoms with E-state index in [9.17, 15) is 0 Å². The maximum absolute atomic E-state index is 4.71. The van der Waals surface area contributed by atoms with Crippen LogP contribution in [0.2, 0.25) is 0 Å². The SMILES string of the molecule is CCNC(=NCc1cnc(C)s1)NC1CCN(c2ccccc2Br)C1.I. The minimum atomic E-state index is 0. The van der Waals surface area contributed by atoms with Crippen LogP contribution in [0.1, 0.15) is 23.2 Å². The number of hydrogen-bond acceptors (Lipinski definition) is 4. The molecule has 1 saturated heterocycles. The highest BCUT2D eigenvalue weighted by atomic mass is 127. The van der Waals surface area contributed by atoms with E-state index >= 15 is 0 Å². The summed E-state index contributed by atoms with van der Waals surface area (Å²) in [6.07, 6.45) is 3.02. The molecule has 0 radical (unpaired) electrons. The Morgan fingerprint density at radius 1 is 1.42 bits per heavy atom. The lowest BCUT2D eigenvalue weighted by Gasteiger charge is -2.21. The summed E-state index contributed by atoms with van der Waals surface area (Å²) in [6, 6.07) is 8.80. The molecule has 142 valence electrons. The number of aromatic nitrogens is 1. The number of rotatable bonds is 5. The third-order valence-corrected chi connectivity index (χ3v) is 5.70. The summed E-state index contributed by atoms with van der Waals surface area (Å²) in [6.45, 7) is 7.67. The van der Waals surface area contributed by atoms with Gasteiger partial charge in [-0.25, -0.2) is 9.98 Å². The number of thiazole rings is 1. The second kappa shape index (κ2) is 10.5. The number of aliphatic imine (C=N–C) groups is 1. The van der Waals surface area contributed by atoms with Gasteiger partial charge in [0.2, 0.25) is 0 Å². The molecule has 1 unspecified atom stereocenters. The van der Waals surface area contributed by atoms with Crippen LogP contribution in [-0.2, 0) is 6.54 Å². The first kappa shape index (κ1) is 21.4. The maximum Gasteiger partial charge on any atom is 0.191 e. The molecule has 5 nitrogen and oxygen atoms in total. The zero-order valence-electron chi connectivity index (χ0n) is 15.0. The van der Waals surface area contributed by atoms with Crippen molar-refractivity contribution in [2.75, 3.05) is 24.5 Å². The summed E-state index contributed by atoms with van der Waals surface area (Å²) in [5, 5.41) is 8.01. The summed E-state index contributed by atoms with van der Waals surface area (Å²) < 4.78 is 1.15. The van der Waals surface area contributed by atoms with Gasteiger partial charge in [0.25, 0.3) is 0 Å². The summed E-state index contributed by atoms with van der Waals surface area (Å²) >= 11 is 5.35. The zero-order valence-corrected chi connectivity index (χ0v) is 19.8. The van der Waals surface area contributed by atoms with Crippen LogP contribution < -0.4 is 15.5 Å². The standard InChI is InChI=1S/C18H24BrN5S.HI/c1-3-20-18(22-11-15-10-21-13(2)25-15)23-14-8-9-24(12-14)17-7-5-4-6-16(17)19;/h4-7,10,14H,3,8-9,11-12H2,1-2H3,(H2,20,22,23);1H. The zero-order chi connectivity index (χ0) is 17.6.